The second-order valence-corrected chi connectivity index (χ2v) is 6.85. The van der Waals surface area contributed by atoms with Crippen molar-refractivity contribution in [2.24, 2.45) is 5.73 Å². The summed E-state index contributed by atoms with van der Waals surface area (Å²) in [6.07, 6.45) is 0. The zero-order chi connectivity index (χ0) is 14.2. The molecule has 2 N–H and O–H groups in total. The number of hydrogen-bond acceptors (Lipinski definition) is 3. The van der Waals surface area contributed by atoms with Gasteiger partial charge in [-0.1, -0.05) is 15.9 Å². The average Bonchev–Trinajstić information content (AvgIpc) is 2.71. The van der Waals surface area contributed by atoms with Crippen molar-refractivity contribution in [3.05, 3.63) is 49.1 Å². The van der Waals surface area contributed by atoms with Crippen LogP contribution in [0.1, 0.15) is 32.5 Å². The second kappa shape index (κ2) is 5.65. The summed E-state index contributed by atoms with van der Waals surface area (Å²) in [6.45, 7) is 6.28. The maximum atomic E-state index is 6.40. The first-order valence-electron chi connectivity index (χ1n) is 6.10. The van der Waals surface area contributed by atoms with Gasteiger partial charge in [0.15, 0.2) is 0 Å². The van der Waals surface area contributed by atoms with Gasteiger partial charge in [0.1, 0.15) is 5.75 Å². The van der Waals surface area contributed by atoms with Gasteiger partial charge < -0.3 is 10.5 Å². The summed E-state index contributed by atoms with van der Waals surface area (Å²) in [5.74, 6) is 0.844. The van der Waals surface area contributed by atoms with Crippen LogP contribution in [0.15, 0.2) is 22.7 Å². The van der Waals surface area contributed by atoms with E-state index in [9.17, 15) is 0 Å². The Morgan fingerprint density at radius 3 is 2.37 bits per heavy atom. The van der Waals surface area contributed by atoms with Crippen LogP contribution in [-0.2, 0) is 0 Å². The normalized spacial score (nSPS) is 12.5. The van der Waals surface area contributed by atoms with E-state index in [0.29, 0.717) is 0 Å². The lowest BCUT2D eigenvalue weighted by molar-refractivity contribution is 0.407. The molecule has 1 aromatic heterocycles. The molecule has 0 amide bonds. The van der Waals surface area contributed by atoms with Gasteiger partial charge in [0.2, 0.25) is 0 Å². The zero-order valence-electron chi connectivity index (χ0n) is 11.6. The smallest absolute Gasteiger partial charge is 0.124 e. The van der Waals surface area contributed by atoms with Crippen LogP contribution in [-0.4, -0.2) is 7.11 Å². The van der Waals surface area contributed by atoms with Gasteiger partial charge in [-0.2, -0.15) is 0 Å². The van der Waals surface area contributed by atoms with Crippen molar-refractivity contribution in [1.82, 2.24) is 0 Å². The number of halogens is 1. The molecule has 0 radical (unpaired) electrons. The lowest BCUT2D eigenvalue weighted by atomic mass is 10.0. The Morgan fingerprint density at radius 2 is 1.84 bits per heavy atom. The number of ether oxygens (including phenoxy) is 1. The molecule has 0 aliphatic heterocycles. The molecule has 0 saturated carbocycles. The summed E-state index contributed by atoms with van der Waals surface area (Å²) >= 11 is 5.31. The summed E-state index contributed by atoms with van der Waals surface area (Å²) in [5, 5.41) is 0. The number of hydrogen-bond donors (Lipinski definition) is 1. The van der Waals surface area contributed by atoms with Crippen LogP contribution in [0.5, 0.6) is 5.75 Å². The fraction of sp³-hybridized carbons (Fsp3) is 0.333. The summed E-state index contributed by atoms with van der Waals surface area (Å²) in [4.78, 5) is 2.49. The molecule has 1 aromatic carbocycles. The third kappa shape index (κ3) is 2.86. The van der Waals surface area contributed by atoms with E-state index >= 15 is 0 Å². The van der Waals surface area contributed by atoms with Crippen molar-refractivity contribution in [1.29, 1.82) is 0 Å². The lowest BCUT2D eigenvalue weighted by Gasteiger charge is -2.16. The van der Waals surface area contributed by atoms with Crippen LogP contribution in [0, 0.1) is 20.8 Å². The molecule has 0 aliphatic carbocycles. The zero-order valence-corrected chi connectivity index (χ0v) is 14.0. The van der Waals surface area contributed by atoms with Crippen molar-refractivity contribution in [3.63, 3.8) is 0 Å². The first-order valence-corrected chi connectivity index (χ1v) is 7.71. The highest BCUT2D eigenvalue weighted by atomic mass is 79.9. The first-order chi connectivity index (χ1) is 8.93. The fourth-order valence-corrected chi connectivity index (χ4v) is 3.42. The molecule has 0 aliphatic rings. The van der Waals surface area contributed by atoms with Gasteiger partial charge in [-0.15, -0.1) is 11.3 Å². The first kappa shape index (κ1) is 14.6. The van der Waals surface area contributed by atoms with Gasteiger partial charge in [0, 0.05) is 19.8 Å². The minimum atomic E-state index is -0.149. The van der Waals surface area contributed by atoms with E-state index in [1.807, 2.05) is 13.0 Å². The standard InChI is InChI=1S/C15H18BrNOS/c1-8-6-14(19-10(8)3)15(17)11-7-12(16)9(2)5-13(11)18-4/h5-7,15H,17H2,1-4H3. The van der Waals surface area contributed by atoms with Gasteiger partial charge in [-0.3, -0.25) is 0 Å². The molecule has 0 bridgehead atoms. The van der Waals surface area contributed by atoms with Crippen LogP contribution >= 0.6 is 27.3 Å². The average molecular weight is 340 g/mol. The molecular weight excluding hydrogens is 322 g/mol. The van der Waals surface area contributed by atoms with Crippen LogP contribution in [0.2, 0.25) is 0 Å². The monoisotopic (exact) mass is 339 g/mol. The van der Waals surface area contributed by atoms with Gasteiger partial charge in [-0.25, -0.2) is 0 Å². The number of methoxy groups -OCH3 is 1. The SMILES string of the molecule is COc1cc(C)c(Br)cc1C(N)c1cc(C)c(C)s1. The van der Waals surface area contributed by atoms with Crippen molar-refractivity contribution in [2.45, 2.75) is 26.8 Å². The van der Waals surface area contributed by atoms with Crippen molar-refractivity contribution >= 4 is 27.3 Å². The Balaban J connectivity index is 2.48. The minimum absolute atomic E-state index is 0.149. The van der Waals surface area contributed by atoms with E-state index in [2.05, 4.69) is 41.9 Å². The topological polar surface area (TPSA) is 35.2 Å². The number of aryl methyl sites for hydroxylation is 3. The van der Waals surface area contributed by atoms with Crippen molar-refractivity contribution in [2.75, 3.05) is 7.11 Å². The van der Waals surface area contributed by atoms with E-state index in [0.717, 1.165) is 21.3 Å². The maximum absolute atomic E-state index is 6.40. The molecule has 1 heterocycles. The summed E-state index contributed by atoms with van der Waals surface area (Å²) in [7, 11) is 1.68. The van der Waals surface area contributed by atoms with Crippen LogP contribution in [0.3, 0.4) is 0 Å². The van der Waals surface area contributed by atoms with Crippen molar-refractivity contribution < 1.29 is 4.74 Å². The number of thiophene rings is 1. The number of benzene rings is 1. The lowest BCUT2D eigenvalue weighted by Crippen LogP contribution is -2.12. The molecular formula is C15H18BrNOS. The molecule has 1 unspecified atom stereocenters. The van der Waals surface area contributed by atoms with Crippen LogP contribution < -0.4 is 10.5 Å². The Bertz CT molecular complexity index is 587. The largest absolute Gasteiger partial charge is 0.496 e. The fourth-order valence-electron chi connectivity index (χ4n) is 2.00. The highest BCUT2D eigenvalue weighted by Crippen LogP contribution is 2.36. The molecule has 2 aromatic rings. The van der Waals surface area contributed by atoms with Gasteiger partial charge in [0.25, 0.3) is 0 Å². The van der Waals surface area contributed by atoms with E-state index in [-0.39, 0.29) is 6.04 Å². The van der Waals surface area contributed by atoms with E-state index in [1.165, 1.54) is 15.3 Å². The predicted molar refractivity (Wildman–Crippen MR) is 85.3 cm³/mol. The van der Waals surface area contributed by atoms with E-state index in [4.69, 9.17) is 10.5 Å². The Labute approximate surface area is 126 Å². The van der Waals surface area contributed by atoms with Crippen LogP contribution in [0.25, 0.3) is 0 Å². The molecule has 1 atom stereocenters. The Morgan fingerprint density at radius 1 is 1.16 bits per heavy atom. The maximum Gasteiger partial charge on any atom is 0.124 e. The Kier molecular flexibility index (Phi) is 4.33. The molecule has 2 rings (SSSR count). The third-order valence-electron chi connectivity index (χ3n) is 3.34. The van der Waals surface area contributed by atoms with Gasteiger partial charge in [0.05, 0.1) is 13.2 Å². The van der Waals surface area contributed by atoms with E-state index < -0.39 is 0 Å². The van der Waals surface area contributed by atoms with E-state index in [1.54, 1.807) is 18.4 Å². The summed E-state index contributed by atoms with van der Waals surface area (Å²) in [5.41, 5.74) is 9.86. The van der Waals surface area contributed by atoms with Gasteiger partial charge in [-0.05, 0) is 50.1 Å². The molecule has 0 fully saturated rings. The molecule has 0 spiro atoms. The quantitative estimate of drug-likeness (QED) is 0.893. The van der Waals surface area contributed by atoms with Gasteiger partial charge >= 0.3 is 0 Å². The minimum Gasteiger partial charge on any atom is -0.496 e. The molecule has 2 nitrogen and oxygen atoms in total. The number of rotatable bonds is 3. The van der Waals surface area contributed by atoms with Crippen molar-refractivity contribution in [3.8, 4) is 5.75 Å². The highest BCUT2D eigenvalue weighted by Gasteiger charge is 2.18. The third-order valence-corrected chi connectivity index (χ3v) is 5.43. The molecule has 102 valence electrons. The number of nitrogens with two attached hydrogens (primary N) is 1. The molecule has 0 saturated heterocycles. The second-order valence-electron chi connectivity index (χ2n) is 4.71. The van der Waals surface area contributed by atoms with Crippen LogP contribution in [0.4, 0.5) is 0 Å². The predicted octanol–water partition coefficient (Wildman–Crippen LogP) is 4.49. The highest BCUT2D eigenvalue weighted by molar-refractivity contribution is 9.10. The summed E-state index contributed by atoms with van der Waals surface area (Å²) < 4.78 is 6.52. The Hall–Kier alpha value is -0.840. The summed E-state index contributed by atoms with van der Waals surface area (Å²) in [6, 6.07) is 6.09. The molecule has 19 heavy (non-hydrogen) atoms. The molecule has 4 heteroatoms.